The highest BCUT2D eigenvalue weighted by Crippen LogP contribution is 2.12. The third kappa shape index (κ3) is 6.42. The van der Waals surface area contributed by atoms with Crippen LogP contribution in [0.3, 0.4) is 0 Å². The van der Waals surface area contributed by atoms with E-state index in [2.05, 4.69) is 5.32 Å². The summed E-state index contributed by atoms with van der Waals surface area (Å²) >= 11 is 0. The van der Waals surface area contributed by atoms with Crippen molar-refractivity contribution in [3.05, 3.63) is 0 Å². The summed E-state index contributed by atoms with van der Waals surface area (Å²) in [6.07, 6.45) is -4.91. The Hall–Kier alpha value is -0.290. The van der Waals surface area contributed by atoms with Gasteiger partial charge in [0.1, 0.15) is 0 Å². The SMILES string of the molecule is CC(C)C(O)CNCC(F)(F)F. The number of hydrogen-bond acceptors (Lipinski definition) is 2. The minimum Gasteiger partial charge on any atom is -0.392 e. The highest BCUT2D eigenvalue weighted by molar-refractivity contribution is 4.64. The van der Waals surface area contributed by atoms with Gasteiger partial charge in [-0.15, -0.1) is 0 Å². The molecule has 0 radical (unpaired) electrons. The first-order valence-electron chi connectivity index (χ1n) is 3.78. The molecule has 0 aromatic heterocycles. The van der Waals surface area contributed by atoms with Crippen LogP contribution in [-0.4, -0.2) is 30.5 Å². The molecular weight excluding hydrogens is 171 g/mol. The number of alkyl halides is 3. The van der Waals surface area contributed by atoms with Crippen LogP contribution in [0.2, 0.25) is 0 Å². The Balaban J connectivity index is 3.44. The van der Waals surface area contributed by atoms with E-state index in [-0.39, 0.29) is 12.5 Å². The zero-order valence-electron chi connectivity index (χ0n) is 7.15. The molecule has 0 aromatic carbocycles. The second-order valence-electron chi connectivity index (χ2n) is 3.06. The van der Waals surface area contributed by atoms with Crippen molar-refractivity contribution >= 4 is 0 Å². The summed E-state index contributed by atoms with van der Waals surface area (Å²) in [5, 5.41) is 11.2. The molecule has 0 rings (SSSR count). The van der Waals surface area contributed by atoms with Crippen LogP contribution in [0.15, 0.2) is 0 Å². The molecule has 0 aromatic rings. The van der Waals surface area contributed by atoms with Crippen LogP contribution in [-0.2, 0) is 0 Å². The summed E-state index contributed by atoms with van der Waals surface area (Å²) in [4.78, 5) is 0. The van der Waals surface area contributed by atoms with Crippen molar-refractivity contribution in [1.29, 1.82) is 0 Å². The zero-order valence-corrected chi connectivity index (χ0v) is 7.15. The molecule has 0 aliphatic carbocycles. The highest BCUT2D eigenvalue weighted by Gasteiger charge is 2.26. The predicted molar refractivity (Wildman–Crippen MR) is 39.8 cm³/mol. The molecule has 2 N–H and O–H groups in total. The summed E-state index contributed by atoms with van der Waals surface area (Å²) in [7, 11) is 0. The molecule has 5 heteroatoms. The van der Waals surface area contributed by atoms with E-state index in [1.165, 1.54) is 0 Å². The van der Waals surface area contributed by atoms with Crippen LogP contribution in [0.1, 0.15) is 13.8 Å². The summed E-state index contributed by atoms with van der Waals surface area (Å²) in [6, 6.07) is 0. The average molecular weight is 185 g/mol. The molecule has 0 amide bonds. The van der Waals surface area contributed by atoms with Crippen LogP contribution in [0.4, 0.5) is 13.2 Å². The van der Waals surface area contributed by atoms with E-state index in [0.29, 0.717) is 0 Å². The highest BCUT2D eigenvalue weighted by atomic mass is 19.4. The quantitative estimate of drug-likeness (QED) is 0.688. The van der Waals surface area contributed by atoms with Crippen molar-refractivity contribution in [3.8, 4) is 0 Å². The third-order valence-corrected chi connectivity index (χ3v) is 1.45. The first-order chi connectivity index (χ1) is 5.33. The lowest BCUT2D eigenvalue weighted by Crippen LogP contribution is -2.36. The Morgan fingerprint density at radius 3 is 2.17 bits per heavy atom. The van der Waals surface area contributed by atoms with Crippen molar-refractivity contribution < 1.29 is 18.3 Å². The maximum Gasteiger partial charge on any atom is 0.401 e. The topological polar surface area (TPSA) is 32.3 Å². The monoisotopic (exact) mass is 185 g/mol. The number of aliphatic hydroxyl groups excluding tert-OH is 1. The summed E-state index contributed by atoms with van der Waals surface area (Å²) in [5.74, 6) is -0.0225. The van der Waals surface area contributed by atoms with Gasteiger partial charge in [-0.25, -0.2) is 0 Å². The van der Waals surface area contributed by atoms with Crippen LogP contribution in [0, 0.1) is 5.92 Å². The Labute approximate surface area is 69.8 Å². The van der Waals surface area contributed by atoms with Crippen LogP contribution in [0.25, 0.3) is 0 Å². The molecule has 0 saturated carbocycles. The Bertz CT molecular complexity index is 124. The first-order valence-corrected chi connectivity index (χ1v) is 3.78. The smallest absolute Gasteiger partial charge is 0.392 e. The normalized spacial score (nSPS) is 15.2. The van der Waals surface area contributed by atoms with Crippen molar-refractivity contribution in [1.82, 2.24) is 5.32 Å². The number of rotatable bonds is 4. The maximum absolute atomic E-state index is 11.6. The van der Waals surface area contributed by atoms with E-state index in [1.807, 2.05) is 0 Å². The standard InChI is InChI=1S/C7H14F3NO/c1-5(2)6(12)3-11-4-7(8,9)10/h5-6,11-12H,3-4H2,1-2H3. The van der Waals surface area contributed by atoms with Crippen molar-refractivity contribution in [2.24, 2.45) is 5.92 Å². The lowest BCUT2D eigenvalue weighted by Gasteiger charge is -2.15. The van der Waals surface area contributed by atoms with Gasteiger partial charge in [-0.05, 0) is 5.92 Å². The summed E-state index contributed by atoms with van der Waals surface area (Å²) in [6.45, 7) is 2.44. The van der Waals surface area contributed by atoms with Crippen molar-refractivity contribution in [2.75, 3.05) is 13.1 Å². The number of nitrogens with one attached hydrogen (secondary N) is 1. The molecule has 74 valence electrons. The van der Waals surface area contributed by atoms with Gasteiger partial charge in [-0.3, -0.25) is 0 Å². The third-order valence-electron chi connectivity index (χ3n) is 1.45. The van der Waals surface area contributed by atoms with Gasteiger partial charge >= 0.3 is 6.18 Å². The second kappa shape index (κ2) is 4.67. The molecule has 0 fully saturated rings. The molecule has 0 spiro atoms. The van der Waals surface area contributed by atoms with Gasteiger partial charge in [-0.2, -0.15) is 13.2 Å². The molecule has 0 saturated heterocycles. The zero-order chi connectivity index (χ0) is 9.78. The van der Waals surface area contributed by atoms with Crippen LogP contribution < -0.4 is 5.32 Å². The van der Waals surface area contributed by atoms with Gasteiger partial charge in [0.25, 0.3) is 0 Å². The fraction of sp³-hybridized carbons (Fsp3) is 1.00. The molecule has 0 bridgehead atoms. The number of hydrogen-bond donors (Lipinski definition) is 2. The minimum absolute atomic E-state index is 0.0167. The molecule has 0 aliphatic heterocycles. The van der Waals surface area contributed by atoms with Gasteiger partial charge in [0, 0.05) is 6.54 Å². The predicted octanol–water partition coefficient (Wildman–Crippen LogP) is 1.16. The van der Waals surface area contributed by atoms with E-state index in [0.717, 1.165) is 0 Å². The molecule has 1 unspecified atom stereocenters. The van der Waals surface area contributed by atoms with Crippen LogP contribution >= 0.6 is 0 Å². The van der Waals surface area contributed by atoms with Gasteiger partial charge in [0.15, 0.2) is 0 Å². The summed E-state index contributed by atoms with van der Waals surface area (Å²) < 4.78 is 34.7. The number of halogens is 3. The van der Waals surface area contributed by atoms with Gasteiger partial charge in [0.05, 0.1) is 12.6 Å². The minimum atomic E-state index is -4.20. The molecule has 1 atom stereocenters. The molecule has 2 nitrogen and oxygen atoms in total. The Morgan fingerprint density at radius 1 is 1.33 bits per heavy atom. The van der Waals surface area contributed by atoms with Gasteiger partial charge < -0.3 is 10.4 Å². The van der Waals surface area contributed by atoms with Gasteiger partial charge in [-0.1, -0.05) is 13.8 Å². The van der Waals surface area contributed by atoms with E-state index >= 15 is 0 Å². The van der Waals surface area contributed by atoms with Crippen molar-refractivity contribution in [2.45, 2.75) is 26.1 Å². The second-order valence-corrected chi connectivity index (χ2v) is 3.06. The fourth-order valence-corrected chi connectivity index (χ4v) is 0.597. The van der Waals surface area contributed by atoms with E-state index in [1.54, 1.807) is 13.8 Å². The molecule has 12 heavy (non-hydrogen) atoms. The number of aliphatic hydroxyl groups is 1. The van der Waals surface area contributed by atoms with E-state index in [9.17, 15) is 13.2 Å². The van der Waals surface area contributed by atoms with E-state index < -0.39 is 18.8 Å². The molecule has 0 aliphatic rings. The van der Waals surface area contributed by atoms with E-state index in [4.69, 9.17) is 5.11 Å². The Morgan fingerprint density at radius 2 is 1.83 bits per heavy atom. The first kappa shape index (κ1) is 11.7. The largest absolute Gasteiger partial charge is 0.401 e. The maximum atomic E-state index is 11.6. The lowest BCUT2D eigenvalue weighted by atomic mass is 10.1. The molecular formula is C7H14F3NO. The van der Waals surface area contributed by atoms with Crippen LogP contribution in [0.5, 0.6) is 0 Å². The average Bonchev–Trinajstić information content (AvgIpc) is 1.84. The molecule has 0 heterocycles. The van der Waals surface area contributed by atoms with Crippen molar-refractivity contribution in [3.63, 3.8) is 0 Å². The Kier molecular flexibility index (Phi) is 4.55. The van der Waals surface area contributed by atoms with Gasteiger partial charge in [0.2, 0.25) is 0 Å². The summed E-state index contributed by atoms with van der Waals surface area (Å²) in [5.41, 5.74) is 0. The fourth-order valence-electron chi connectivity index (χ4n) is 0.597. The lowest BCUT2D eigenvalue weighted by molar-refractivity contribution is -0.125.